The van der Waals surface area contributed by atoms with Gasteiger partial charge in [-0.2, -0.15) is 0 Å². The van der Waals surface area contributed by atoms with Gasteiger partial charge in [0.15, 0.2) is 0 Å². The van der Waals surface area contributed by atoms with Crippen molar-refractivity contribution in [3.05, 3.63) is 28.2 Å². The average Bonchev–Trinajstić information content (AvgIpc) is 2.92. The first kappa shape index (κ1) is 16.1. The molecule has 0 saturated heterocycles. The number of hydrogen-bond donors (Lipinski definition) is 1. The lowest BCUT2D eigenvalue weighted by Gasteiger charge is -2.07. The highest BCUT2D eigenvalue weighted by Crippen LogP contribution is 2.24. The van der Waals surface area contributed by atoms with Crippen LogP contribution in [0.5, 0.6) is 0 Å². The van der Waals surface area contributed by atoms with E-state index < -0.39 is 10.0 Å². The van der Waals surface area contributed by atoms with Gasteiger partial charge in [-0.05, 0) is 25.5 Å². The average molecular weight is 328 g/mol. The summed E-state index contributed by atoms with van der Waals surface area (Å²) in [6.07, 6.45) is 0. The van der Waals surface area contributed by atoms with Crippen molar-refractivity contribution in [3.8, 4) is 0 Å². The molecular formula is C13H20N4O2S2. The highest BCUT2D eigenvalue weighted by molar-refractivity contribution is 7.91. The first-order valence-corrected chi connectivity index (χ1v) is 8.97. The van der Waals surface area contributed by atoms with Gasteiger partial charge in [0.25, 0.3) is 0 Å². The Morgan fingerprint density at radius 3 is 2.48 bits per heavy atom. The fraction of sp³-hybridized carbons (Fsp3) is 0.538. The minimum atomic E-state index is -3.50. The van der Waals surface area contributed by atoms with E-state index in [0.717, 1.165) is 16.3 Å². The van der Waals surface area contributed by atoms with Crippen LogP contribution in [0.2, 0.25) is 0 Å². The minimum Gasteiger partial charge on any atom is -0.317 e. The molecule has 1 N–H and O–H groups in total. The zero-order valence-corrected chi connectivity index (χ0v) is 14.5. The monoisotopic (exact) mass is 328 g/mol. The Hall–Kier alpha value is -1.25. The van der Waals surface area contributed by atoms with Crippen molar-refractivity contribution >= 4 is 21.4 Å². The van der Waals surface area contributed by atoms with Gasteiger partial charge in [-0.1, -0.05) is 13.8 Å². The molecule has 8 heteroatoms. The van der Waals surface area contributed by atoms with Gasteiger partial charge in [0, 0.05) is 17.8 Å². The zero-order valence-electron chi connectivity index (χ0n) is 12.8. The highest BCUT2D eigenvalue weighted by atomic mass is 32.2. The molecule has 0 unspecified atom stereocenters. The molecule has 6 nitrogen and oxygen atoms in total. The van der Waals surface area contributed by atoms with Gasteiger partial charge in [-0.25, -0.2) is 13.1 Å². The molecule has 0 spiro atoms. The molecule has 116 valence electrons. The van der Waals surface area contributed by atoms with E-state index in [1.807, 2.05) is 39.3 Å². The van der Waals surface area contributed by atoms with Crippen molar-refractivity contribution in [3.63, 3.8) is 0 Å². The number of thiophene rings is 1. The Kier molecular flexibility index (Phi) is 4.50. The maximum atomic E-state index is 12.3. The number of aryl methyl sites for hydroxylation is 2. The normalized spacial score (nSPS) is 12.3. The van der Waals surface area contributed by atoms with Crippen LogP contribution in [0.1, 0.15) is 41.9 Å². The third-order valence-electron chi connectivity index (χ3n) is 3.34. The molecule has 0 atom stereocenters. The SMILES string of the molecule is Cc1cc(S(=O)(=O)NCc2nnc(C(C)C)n2C)sc1C. The van der Waals surface area contributed by atoms with Gasteiger partial charge in [-0.3, -0.25) is 0 Å². The molecule has 0 aliphatic heterocycles. The van der Waals surface area contributed by atoms with Crippen LogP contribution in [0.3, 0.4) is 0 Å². The second-order valence-electron chi connectivity index (χ2n) is 5.32. The summed E-state index contributed by atoms with van der Waals surface area (Å²) in [6, 6.07) is 1.69. The van der Waals surface area contributed by atoms with Crippen LogP contribution in [0.15, 0.2) is 10.3 Å². The van der Waals surface area contributed by atoms with Crippen molar-refractivity contribution in [1.82, 2.24) is 19.5 Å². The van der Waals surface area contributed by atoms with E-state index in [1.54, 1.807) is 6.07 Å². The number of rotatable bonds is 5. The molecule has 0 aliphatic rings. The van der Waals surface area contributed by atoms with E-state index in [9.17, 15) is 8.42 Å². The van der Waals surface area contributed by atoms with Crippen molar-refractivity contribution in [2.24, 2.45) is 7.05 Å². The number of nitrogens with one attached hydrogen (secondary N) is 1. The van der Waals surface area contributed by atoms with Crippen LogP contribution in [0.25, 0.3) is 0 Å². The van der Waals surface area contributed by atoms with Crippen molar-refractivity contribution in [1.29, 1.82) is 0 Å². The summed E-state index contributed by atoms with van der Waals surface area (Å²) >= 11 is 1.28. The lowest BCUT2D eigenvalue weighted by molar-refractivity contribution is 0.578. The zero-order chi connectivity index (χ0) is 15.8. The summed E-state index contributed by atoms with van der Waals surface area (Å²) in [5.74, 6) is 1.69. The van der Waals surface area contributed by atoms with Gasteiger partial charge in [0.05, 0.1) is 6.54 Å². The third kappa shape index (κ3) is 3.33. The number of aromatic nitrogens is 3. The smallest absolute Gasteiger partial charge is 0.250 e. The molecule has 2 heterocycles. The van der Waals surface area contributed by atoms with Crippen LogP contribution in [-0.2, 0) is 23.6 Å². The van der Waals surface area contributed by atoms with Crippen LogP contribution in [0.4, 0.5) is 0 Å². The molecule has 0 fully saturated rings. The Balaban J connectivity index is 2.15. The topological polar surface area (TPSA) is 76.9 Å². The number of sulfonamides is 1. The molecule has 0 radical (unpaired) electrons. The molecule has 0 aromatic carbocycles. The predicted molar refractivity (Wildman–Crippen MR) is 82.9 cm³/mol. The third-order valence-corrected chi connectivity index (χ3v) is 6.37. The minimum absolute atomic E-state index is 0.133. The van der Waals surface area contributed by atoms with Crippen LogP contribution in [0, 0.1) is 13.8 Å². The van der Waals surface area contributed by atoms with Crippen LogP contribution >= 0.6 is 11.3 Å². The van der Waals surface area contributed by atoms with Gasteiger partial charge < -0.3 is 4.57 Å². The standard InChI is InChI=1S/C13H20N4O2S2/c1-8(2)13-16-15-11(17(13)5)7-14-21(18,19)12-6-9(3)10(4)20-12/h6,8,14H,7H2,1-5H3. The maximum Gasteiger partial charge on any atom is 0.250 e. The fourth-order valence-corrected chi connectivity index (χ4v) is 4.48. The van der Waals surface area contributed by atoms with E-state index in [2.05, 4.69) is 14.9 Å². The van der Waals surface area contributed by atoms with E-state index >= 15 is 0 Å². The summed E-state index contributed by atoms with van der Waals surface area (Å²) in [4.78, 5) is 1.01. The summed E-state index contributed by atoms with van der Waals surface area (Å²) in [7, 11) is -1.65. The highest BCUT2D eigenvalue weighted by Gasteiger charge is 2.19. The quantitative estimate of drug-likeness (QED) is 0.912. The summed E-state index contributed by atoms with van der Waals surface area (Å²) in [5.41, 5.74) is 0.987. The van der Waals surface area contributed by atoms with Crippen molar-refractivity contribution < 1.29 is 8.42 Å². The molecule has 2 aromatic heterocycles. The molecule has 0 aliphatic carbocycles. The first-order chi connectivity index (χ1) is 9.72. The van der Waals surface area contributed by atoms with Gasteiger partial charge in [0.1, 0.15) is 15.9 Å². The second-order valence-corrected chi connectivity index (χ2v) is 8.57. The van der Waals surface area contributed by atoms with E-state index in [0.29, 0.717) is 10.0 Å². The molecular weight excluding hydrogens is 308 g/mol. The number of nitrogens with zero attached hydrogens (tertiary/aromatic N) is 3. The molecule has 0 saturated carbocycles. The molecule has 0 amide bonds. The van der Waals surface area contributed by atoms with E-state index in [4.69, 9.17) is 0 Å². The van der Waals surface area contributed by atoms with Gasteiger partial charge >= 0.3 is 0 Å². The fourth-order valence-electron chi connectivity index (χ4n) is 1.93. The van der Waals surface area contributed by atoms with Gasteiger partial charge in [-0.15, -0.1) is 21.5 Å². The second kappa shape index (κ2) is 5.86. The van der Waals surface area contributed by atoms with Gasteiger partial charge in [0.2, 0.25) is 10.0 Å². The van der Waals surface area contributed by atoms with Crippen molar-refractivity contribution in [2.45, 2.75) is 44.4 Å². The van der Waals surface area contributed by atoms with E-state index in [-0.39, 0.29) is 12.5 Å². The molecule has 21 heavy (non-hydrogen) atoms. The van der Waals surface area contributed by atoms with Crippen LogP contribution < -0.4 is 4.72 Å². The van der Waals surface area contributed by atoms with Crippen LogP contribution in [-0.4, -0.2) is 23.2 Å². The Labute approximate surface area is 129 Å². The lowest BCUT2D eigenvalue weighted by atomic mass is 10.2. The largest absolute Gasteiger partial charge is 0.317 e. The Morgan fingerprint density at radius 2 is 2.00 bits per heavy atom. The summed E-state index contributed by atoms with van der Waals surface area (Å²) < 4.78 is 29.3. The van der Waals surface area contributed by atoms with Crippen molar-refractivity contribution in [2.75, 3.05) is 0 Å². The first-order valence-electron chi connectivity index (χ1n) is 6.67. The Bertz CT molecular complexity index is 725. The number of hydrogen-bond acceptors (Lipinski definition) is 5. The summed E-state index contributed by atoms with van der Waals surface area (Å²) in [5, 5.41) is 8.13. The Morgan fingerprint density at radius 1 is 1.33 bits per heavy atom. The maximum absolute atomic E-state index is 12.3. The molecule has 2 aromatic rings. The summed E-state index contributed by atoms with van der Waals surface area (Å²) in [6.45, 7) is 8.00. The molecule has 2 rings (SSSR count). The van der Waals surface area contributed by atoms with E-state index in [1.165, 1.54) is 11.3 Å². The predicted octanol–water partition coefficient (Wildman–Crippen LogP) is 2.10. The molecule has 0 bridgehead atoms. The lowest BCUT2D eigenvalue weighted by Crippen LogP contribution is -2.24.